The Morgan fingerprint density at radius 3 is 1.32 bits per heavy atom. The summed E-state index contributed by atoms with van der Waals surface area (Å²) in [6, 6.07) is 0. The third-order valence-corrected chi connectivity index (χ3v) is 5.63. The second kappa shape index (κ2) is 10.2. The van der Waals surface area contributed by atoms with E-state index in [1.54, 1.807) is 0 Å². The highest BCUT2D eigenvalue weighted by atomic mass is 16.5. The molecule has 126 valence electrons. The molecule has 0 N–H and O–H groups in total. The number of hydrogen-bond donors (Lipinski definition) is 0. The van der Waals surface area contributed by atoms with E-state index in [2.05, 4.69) is 13.2 Å². The topological polar surface area (TPSA) is 18.5 Å². The van der Waals surface area contributed by atoms with Crippen molar-refractivity contribution >= 4 is 0 Å². The molecular formula is C20H34O2. The van der Waals surface area contributed by atoms with Crippen molar-refractivity contribution in [3.63, 3.8) is 0 Å². The first-order valence-corrected chi connectivity index (χ1v) is 9.20. The average Bonchev–Trinajstić information content (AvgIpc) is 2.57. The Balaban J connectivity index is 1.60. The molecule has 0 aromatic rings. The molecule has 2 fully saturated rings. The van der Waals surface area contributed by atoms with E-state index in [0.29, 0.717) is 13.2 Å². The van der Waals surface area contributed by atoms with E-state index >= 15 is 0 Å². The molecule has 2 nitrogen and oxygen atoms in total. The Hall–Kier alpha value is -0.600. The molecule has 0 radical (unpaired) electrons. The van der Waals surface area contributed by atoms with Crippen LogP contribution in [0.5, 0.6) is 0 Å². The highest BCUT2D eigenvalue weighted by Crippen LogP contribution is 2.41. The van der Waals surface area contributed by atoms with Crippen LogP contribution >= 0.6 is 0 Å². The zero-order valence-corrected chi connectivity index (χ0v) is 14.2. The molecule has 0 aromatic heterocycles. The maximum absolute atomic E-state index is 5.62. The van der Waals surface area contributed by atoms with E-state index in [-0.39, 0.29) is 0 Å². The molecule has 2 heteroatoms. The zero-order chi connectivity index (χ0) is 15.6. The molecule has 0 atom stereocenters. The highest BCUT2D eigenvalue weighted by Gasteiger charge is 2.30. The summed E-state index contributed by atoms with van der Waals surface area (Å²) in [6.45, 7) is 10.7. The van der Waals surface area contributed by atoms with Crippen molar-refractivity contribution in [3.05, 3.63) is 25.3 Å². The van der Waals surface area contributed by atoms with Crippen LogP contribution in [0.25, 0.3) is 0 Å². The fourth-order valence-corrected chi connectivity index (χ4v) is 4.29. The summed E-state index contributed by atoms with van der Waals surface area (Å²) in [5, 5.41) is 0. The van der Waals surface area contributed by atoms with E-state index in [0.717, 1.165) is 36.9 Å². The van der Waals surface area contributed by atoms with Gasteiger partial charge in [-0.05, 0) is 75.0 Å². The van der Waals surface area contributed by atoms with Gasteiger partial charge in [-0.1, -0.05) is 12.2 Å². The lowest BCUT2D eigenvalue weighted by molar-refractivity contribution is 0.0631. The van der Waals surface area contributed by atoms with Crippen molar-refractivity contribution in [2.24, 2.45) is 23.7 Å². The molecule has 2 aliphatic rings. The third kappa shape index (κ3) is 5.89. The molecule has 0 amide bonds. The van der Waals surface area contributed by atoms with E-state index < -0.39 is 0 Å². The van der Waals surface area contributed by atoms with Gasteiger partial charge in [-0.15, -0.1) is 13.2 Å². The lowest BCUT2D eigenvalue weighted by Crippen LogP contribution is -2.28. The molecule has 0 aromatic carbocycles. The van der Waals surface area contributed by atoms with Crippen molar-refractivity contribution in [2.45, 2.75) is 51.4 Å². The second-order valence-electron chi connectivity index (χ2n) is 7.21. The Morgan fingerprint density at radius 2 is 1.00 bits per heavy atom. The predicted octanol–water partition coefficient (Wildman–Crippen LogP) is 5.00. The molecule has 2 saturated carbocycles. The quantitative estimate of drug-likeness (QED) is 0.440. The largest absolute Gasteiger partial charge is 0.377 e. The predicted molar refractivity (Wildman–Crippen MR) is 92.9 cm³/mol. The summed E-state index contributed by atoms with van der Waals surface area (Å²) in [4.78, 5) is 0. The first kappa shape index (κ1) is 17.7. The number of rotatable bonds is 9. The van der Waals surface area contributed by atoms with Crippen LogP contribution in [0, 0.1) is 23.7 Å². The third-order valence-electron chi connectivity index (χ3n) is 5.63. The summed E-state index contributed by atoms with van der Waals surface area (Å²) in [5.74, 6) is 3.54. The minimum Gasteiger partial charge on any atom is -0.377 e. The van der Waals surface area contributed by atoms with Crippen LogP contribution in [-0.4, -0.2) is 26.4 Å². The Bertz CT molecular complexity index is 278. The van der Waals surface area contributed by atoms with Crippen LogP contribution in [0.3, 0.4) is 0 Å². The summed E-state index contributed by atoms with van der Waals surface area (Å²) in [7, 11) is 0. The van der Waals surface area contributed by atoms with Gasteiger partial charge < -0.3 is 9.47 Å². The van der Waals surface area contributed by atoms with Crippen LogP contribution in [0.1, 0.15) is 51.4 Å². The summed E-state index contributed by atoms with van der Waals surface area (Å²) < 4.78 is 11.2. The fraction of sp³-hybridized carbons (Fsp3) is 0.800. The summed E-state index contributed by atoms with van der Waals surface area (Å²) in [5.41, 5.74) is 0. The van der Waals surface area contributed by atoms with E-state index in [4.69, 9.17) is 9.47 Å². The maximum Gasteiger partial charge on any atom is 0.0644 e. The van der Waals surface area contributed by atoms with Gasteiger partial charge in [0.05, 0.1) is 13.2 Å². The first-order chi connectivity index (χ1) is 10.8. The Kier molecular flexibility index (Phi) is 8.25. The minimum absolute atomic E-state index is 0.706. The van der Waals surface area contributed by atoms with E-state index in [1.165, 1.54) is 51.4 Å². The SMILES string of the molecule is C=CCOC[C@H]1CC[C@H]([C@H]2CC[C@H](COCC=C)CC2)CC1. The molecule has 0 bridgehead atoms. The molecule has 0 heterocycles. The molecule has 0 saturated heterocycles. The van der Waals surface area contributed by atoms with Crippen LogP contribution in [-0.2, 0) is 9.47 Å². The standard InChI is InChI=1S/C20H34O2/c1-3-13-21-15-17-5-9-19(10-6-17)20-11-7-18(8-12-20)16-22-14-4-2/h3-4,17-20H,1-2,5-16H2/t17-,18-,19-,20-. The Labute approximate surface area is 137 Å². The molecule has 22 heavy (non-hydrogen) atoms. The maximum atomic E-state index is 5.62. The van der Waals surface area contributed by atoms with Crippen molar-refractivity contribution in [1.82, 2.24) is 0 Å². The van der Waals surface area contributed by atoms with Crippen molar-refractivity contribution in [3.8, 4) is 0 Å². The van der Waals surface area contributed by atoms with Crippen LogP contribution in [0.15, 0.2) is 25.3 Å². The molecule has 0 unspecified atom stereocenters. The average molecular weight is 306 g/mol. The highest BCUT2D eigenvalue weighted by molar-refractivity contribution is 4.82. The van der Waals surface area contributed by atoms with Crippen LogP contribution < -0.4 is 0 Å². The molecule has 2 aliphatic carbocycles. The second-order valence-corrected chi connectivity index (χ2v) is 7.21. The van der Waals surface area contributed by atoms with E-state index in [1.807, 2.05) is 12.2 Å². The van der Waals surface area contributed by atoms with Gasteiger partial charge in [0.2, 0.25) is 0 Å². The van der Waals surface area contributed by atoms with E-state index in [9.17, 15) is 0 Å². The fourth-order valence-electron chi connectivity index (χ4n) is 4.29. The van der Waals surface area contributed by atoms with Gasteiger partial charge in [0.1, 0.15) is 0 Å². The molecule has 0 spiro atoms. The van der Waals surface area contributed by atoms with Crippen LogP contribution in [0.4, 0.5) is 0 Å². The number of ether oxygens (including phenoxy) is 2. The Morgan fingerprint density at radius 1 is 0.636 bits per heavy atom. The lowest BCUT2D eigenvalue weighted by atomic mass is 9.69. The van der Waals surface area contributed by atoms with Gasteiger partial charge in [-0.2, -0.15) is 0 Å². The molecular weight excluding hydrogens is 272 g/mol. The monoisotopic (exact) mass is 306 g/mol. The van der Waals surface area contributed by atoms with Gasteiger partial charge in [-0.25, -0.2) is 0 Å². The summed E-state index contributed by atoms with van der Waals surface area (Å²) >= 11 is 0. The van der Waals surface area contributed by atoms with Gasteiger partial charge in [0.25, 0.3) is 0 Å². The number of hydrogen-bond acceptors (Lipinski definition) is 2. The van der Waals surface area contributed by atoms with Gasteiger partial charge >= 0.3 is 0 Å². The zero-order valence-electron chi connectivity index (χ0n) is 14.2. The van der Waals surface area contributed by atoms with Crippen molar-refractivity contribution in [1.29, 1.82) is 0 Å². The first-order valence-electron chi connectivity index (χ1n) is 9.20. The van der Waals surface area contributed by atoms with Crippen molar-refractivity contribution < 1.29 is 9.47 Å². The lowest BCUT2D eigenvalue weighted by Gasteiger charge is -2.37. The van der Waals surface area contributed by atoms with Crippen molar-refractivity contribution in [2.75, 3.05) is 26.4 Å². The molecule has 0 aliphatic heterocycles. The van der Waals surface area contributed by atoms with Gasteiger partial charge in [-0.3, -0.25) is 0 Å². The summed E-state index contributed by atoms with van der Waals surface area (Å²) in [6.07, 6.45) is 14.8. The minimum atomic E-state index is 0.706. The molecule has 2 rings (SSSR count). The van der Waals surface area contributed by atoms with Gasteiger partial charge in [0.15, 0.2) is 0 Å². The van der Waals surface area contributed by atoms with Gasteiger partial charge in [0, 0.05) is 13.2 Å². The normalized spacial score (nSPS) is 32.5. The smallest absolute Gasteiger partial charge is 0.0644 e. The van der Waals surface area contributed by atoms with Crippen LogP contribution in [0.2, 0.25) is 0 Å².